The number of ether oxygens (including phenoxy) is 1. The highest BCUT2D eigenvalue weighted by atomic mass is 79.9. The van der Waals surface area contributed by atoms with E-state index in [9.17, 15) is 0 Å². The van der Waals surface area contributed by atoms with E-state index >= 15 is 0 Å². The molecule has 0 unspecified atom stereocenters. The minimum atomic E-state index is 0. The van der Waals surface area contributed by atoms with Gasteiger partial charge in [-0.3, -0.25) is 4.90 Å². The Morgan fingerprint density at radius 1 is 1.36 bits per heavy atom. The molecule has 0 bridgehead atoms. The normalized spacial score (nSPS) is 16.1. The second-order valence-electron chi connectivity index (χ2n) is 5.35. The molecule has 1 aliphatic rings. The summed E-state index contributed by atoms with van der Waals surface area (Å²) in [5, 5.41) is 3.41. The van der Waals surface area contributed by atoms with Gasteiger partial charge in [-0.25, -0.2) is 0 Å². The third kappa shape index (κ3) is 5.74. The van der Waals surface area contributed by atoms with Gasteiger partial charge in [0.25, 0.3) is 0 Å². The fourth-order valence-electron chi connectivity index (χ4n) is 2.73. The van der Waals surface area contributed by atoms with Gasteiger partial charge in [-0.15, -0.1) is 31.4 Å². The van der Waals surface area contributed by atoms with Crippen LogP contribution in [0.4, 0.5) is 0 Å². The lowest BCUT2D eigenvalue weighted by molar-refractivity contribution is 0.169. The standard InChI is InChI=1S/C16H23BrN2O.2ClH/c1-12(2)10-15(19-8-6-18-7-9-19)14-11-13(17)4-5-16(14)20-3;;/h4-5,11,15,18H,1,6-10H2,2-3H3;2*1H/t15-;;/m0../s1. The first-order chi connectivity index (χ1) is 9.61. The van der Waals surface area contributed by atoms with Crippen molar-refractivity contribution in [1.29, 1.82) is 0 Å². The highest BCUT2D eigenvalue weighted by Crippen LogP contribution is 2.35. The summed E-state index contributed by atoms with van der Waals surface area (Å²) in [5.74, 6) is 0.956. The maximum absolute atomic E-state index is 5.56. The van der Waals surface area contributed by atoms with Crippen LogP contribution in [0.5, 0.6) is 5.75 Å². The monoisotopic (exact) mass is 410 g/mol. The lowest BCUT2D eigenvalue weighted by atomic mass is 9.97. The van der Waals surface area contributed by atoms with Gasteiger partial charge in [0.15, 0.2) is 0 Å². The summed E-state index contributed by atoms with van der Waals surface area (Å²) in [6.45, 7) is 10.4. The minimum absolute atomic E-state index is 0. The molecule has 1 aromatic carbocycles. The molecule has 0 spiro atoms. The molecule has 126 valence electrons. The van der Waals surface area contributed by atoms with Crippen molar-refractivity contribution in [2.75, 3.05) is 33.3 Å². The maximum Gasteiger partial charge on any atom is 0.123 e. The van der Waals surface area contributed by atoms with Crippen molar-refractivity contribution in [3.05, 3.63) is 40.4 Å². The van der Waals surface area contributed by atoms with Crippen LogP contribution < -0.4 is 10.1 Å². The van der Waals surface area contributed by atoms with E-state index in [1.54, 1.807) is 7.11 Å². The van der Waals surface area contributed by atoms with Gasteiger partial charge < -0.3 is 10.1 Å². The van der Waals surface area contributed by atoms with Crippen LogP contribution in [-0.4, -0.2) is 38.2 Å². The molecular weight excluding hydrogens is 387 g/mol. The molecule has 0 aromatic heterocycles. The number of nitrogens with one attached hydrogen (secondary N) is 1. The number of rotatable bonds is 5. The first-order valence-electron chi connectivity index (χ1n) is 7.04. The van der Waals surface area contributed by atoms with Gasteiger partial charge in [-0.05, 0) is 31.5 Å². The fraction of sp³-hybridized carbons (Fsp3) is 0.500. The molecule has 1 atom stereocenters. The molecule has 1 heterocycles. The molecule has 0 radical (unpaired) electrons. The zero-order valence-electron chi connectivity index (χ0n) is 13.1. The van der Waals surface area contributed by atoms with Gasteiger partial charge in [-0.1, -0.05) is 21.5 Å². The van der Waals surface area contributed by atoms with E-state index in [0.717, 1.165) is 42.8 Å². The smallest absolute Gasteiger partial charge is 0.123 e. The van der Waals surface area contributed by atoms with E-state index < -0.39 is 0 Å². The Balaban J connectivity index is 0.00000220. The van der Waals surface area contributed by atoms with Crippen LogP contribution in [0.15, 0.2) is 34.8 Å². The van der Waals surface area contributed by atoms with Crippen LogP contribution in [0.25, 0.3) is 0 Å². The lowest BCUT2D eigenvalue weighted by Gasteiger charge is -2.36. The molecule has 1 aliphatic heterocycles. The van der Waals surface area contributed by atoms with Gasteiger partial charge in [0.2, 0.25) is 0 Å². The summed E-state index contributed by atoms with van der Waals surface area (Å²) in [6.07, 6.45) is 0.965. The largest absolute Gasteiger partial charge is 0.496 e. The minimum Gasteiger partial charge on any atom is -0.496 e. The van der Waals surface area contributed by atoms with Gasteiger partial charge in [0, 0.05) is 42.3 Å². The van der Waals surface area contributed by atoms with E-state index in [-0.39, 0.29) is 24.8 Å². The summed E-state index contributed by atoms with van der Waals surface area (Å²) in [7, 11) is 1.74. The number of methoxy groups -OCH3 is 1. The van der Waals surface area contributed by atoms with Gasteiger partial charge in [0.1, 0.15) is 5.75 Å². The molecule has 2 rings (SSSR count). The van der Waals surface area contributed by atoms with Crippen LogP contribution in [-0.2, 0) is 0 Å². The Morgan fingerprint density at radius 3 is 2.55 bits per heavy atom. The summed E-state index contributed by atoms with van der Waals surface area (Å²) in [5.41, 5.74) is 2.45. The Kier molecular flexibility index (Phi) is 10.4. The predicted molar refractivity (Wildman–Crippen MR) is 102 cm³/mol. The number of piperazine rings is 1. The van der Waals surface area contributed by atoms with E-state index in [1.165, 1.54) is 11.1 Å². The third-order valence-electron chi connectivity index (χ3n) is 3.68. The molecule has 1 aromatic rings. The first-order valence-corrected chi connectivity index (χ1v) is 7.83. The number of halogens is 3. The second kappa shape index (κ2) is 10.5. The number of hydrogen-bond acceptors (Lipinski definition) is 3. The van der Waals surface area contributed by atoms with Crippen molar-refractivity contribution >= 4 is 40.7 Å². The van der Waals surface area contributed by atoms with Crippen molar-refractivity contribution in [1.82, 2.24) is 10.2 Å². The topological polar surface area (TPSA) is 24.5 Å². The molecule has 1 N–H and O–H groups in total. The van der Waals surface area contributed by atoms with Crippen molar-refractivity contribution in [2.24, 2.45) is 0 Å². The Hall–Kier alpha value is -0.260. The van der Waals surface area contributed by atoms with Crippen LogP contribution in [0.2, 0.25) is 0 Å². The van der Waals surface area contributed by atoms with Crippen LogP contribution in [0.3, 0.4) is 0 Å². The van der Waals surface area contributed by atoms with E-state index in [0.29, 0.717) is 6.04 Å². The molecule has 1 fully saturated rings. The predicted octanol–water partition coefficient (Wildman–Crippen LogP) is 4.21. The lowest BCUT2D eigenvalue weighted by Crippen LogP contribution is -2.45. The zero-order valence-corrected chi connectivity index (χ0v) is 16.3. The van der Waals surface area contributed by atoms with Crippen molar-refractivity contribution in [3.8, 4) is 5.75 Å². The number of nitrogens with zero attached hydrogens (tertiary/aromatic N) is 1. The average molecular weight is 412 g/mol. The SMILES string of the molecule is C=C(C)C[C@@H](c1cc(Br)ccc1OC)N1CCNCC1.Cl.Cl. The second-order valence-corrected chi connectivity index (χ2v) is 6.26. The molecule has 0 saturated carbocycles. The van der Waals surface area contributed by atoms with Gasteiger partial charge >= 0.3 is 0 Å². The van der Waals surface area contributed by atoms with E-state index in [4.69, 9.17) is 4.74 Å². The third-order valence-corrected chi connectivity index (χ3v) is 4.18. The zero-order chi connectivity index (χ0) is 14.5. The first kappa shape index (κ1) is 21.7. The molecule has 22 heavy (non-hydrogen) atoms. The summed E-state index contributed by atoms with van der Waals surface area (Å²) in [4.78, 5) is 2.52. The van der Waals surface area contributed by atoms with Crippen molar-refractivity contribution in [3.63, 3.8) is 0 Å². The van der Waals surface area contributed by atoms with Crippen molar-refractivity contribution in [2.45, 2.75) is 19.4 Å². The van der Waals surface area contributed by atoms with Crippen LogP contribution in [0.1, 0.15) is 24.9 Å². The summed E-state index contributed by atoms with van der Waals surface area (Å²) < 4.78 is 6.65. The summed E-state index contributed by atoms with van der Waals surface area (Å²) in [6, 6.07) is 6.57. The molecule has 1 saturated heterocycles. The molecule has 0 amide bonds. The van der Waals surface area contributed by atoms with Gasteiger partial charge in [0.05, 0.1) is 7.11 Å². The Bertz CT molecular complexity index is 479. The summed E-state index contributed by atoms with van der Waals surface area (Å²) >= 11 is 3.58. The van der Waals surface area contributed by atoms with E-state index in [1.807, 2.05) is 12.1 Å². The number of hydrogen-bond donors (Lipinski definition) is 1. The van der Waals surface area contributed by atoms with Crippen LogP contribution in [0, 0.1) is 0 Å². The quantitative estimate of drug-likeness (QED) is 0.734. The Labute approximate surface area is 154 Å². The fourth-order valence-corrected chi connectivity index (χ4v) is 3.10. The molecule has 3 nitrogen and oxygen atoms in total. The molecule has 0 aliphatic carbocycles. The van der Waals surface area contributed by atoms with Crippen LogP contribution >= 0.6 is 40.7 Å². The molecule has 6 heteroatoms. The Morgan fingerprint density at radius 2 is 2.00 bits per heavy atom. The molecular formula is C16H25BrCl2N2O. The van der Waals surface area contributed by atoms with Crippen molar-refractivity contribution < 1.29 is 4.74 Å². The highest BCUT2D eigenvalue weighted by Gasteiger charge is 2.25. The van der Waals surface area contributed by atoms with Gasteiger partial charge in [-0.2, -0.15) is 0 Å². The number of benzene rings is 1. The average Bonchev–Trinajstić information content (AvgIpc) is 2.45. The maximum atomic E-state index is 5.56. The van der Waals surface area contributed by atoms with E-state index in [2.05, 4.69) is 45.7 Å². The highest BCUT2D eigenvalue weighted by molar-refractivity contribution is 9.10.